The monoisotopic (exact) mass is 176 g/mol. The van der Waals surface area contributed by atoms with Crippen LogP contribution in [0.5, 0.6) is 0 Å². The number of hydrogen-bond acceptors (Lipinski definition) is 4. The Kier molecular flexibility index (Phi) is 10.7. The fourth-order valence-electron chi connectivity index (χ4n) is 0.908. The van der Waals surface area contributed by atoms with Crippen LogP contribution in [0.2, 0.25) is 0 Å². The van der Waals surface area contributed by atoms with Crippen molar-refractivity contribution in [2.24, 2.45) is 0 Å². The van der Waals surface area contributed by atoms with Gasteiger partial charge < -0.3 is 20.8 Å². The maximum Gasteiger partial charge on any atom is 0.0555 e. The van der Waals surface area contributed by atoms with E-state index in [2.05, 4.69) is 10.6 Å². The first-order valence-corrected chi connectivity index (χ1v) is 4.55. The molecule has 74 valence electrons. The Morgan fingerprint density at radius 1 is 0.667 bits per heavy atom. The molecule has 0 saturated carbocycles. The minimum atomic E-state index is 0.211. The highest BCUT2D eigenvalue weighted by molar-refractivity contribution is 4.50. The van der Waals surface area contributed by atoms with E-state index in [9.17, 15) is 0 Å². The first kappa shape index (κ1) is 11.8. The van der Waals surface area contributed by atoms with Gasteiger partial charge in [-0.3, -0.25) is 0 Å². The van der Waals surface area contributed by atoms with Crippen LogP contribution in [0.1, 0.15) is 12.8 Å². The average Bonchev–Trinajstić information content (AvgIpc) is 2.10. The van der Waals surface area contributed by atoms with Gasteiger partial charge in [-0.25, -0.2) is 0 Å². The summed E-state index contributed by atoms with van der Waals surface area (Å²) in [5, 5.41) is 23.1. The molecular weight excluding hydrogens is 156 g/mol. The van der Waals surface area contributed by atoms with Crippen molar-refractivity contribution in [1.82, 2.24) is 10.6 Å². The van der Waals surface area contributed by atoms with Gasteiger partial charge in [0.1, 0.15) is 0 Å². The van der Waals surface area contributed by atoms with Crippen molar-refractivity contribution in [3.63, 3.8) is 0 Å². The maximum atomic E-state index is 8.44. The van der Waals surface area contributed by atoms with Crippen LogP contribution in [0.25, 0.3) is 0 Å². The summed E-state index contributed by atoms with van der Waals surface area (Å²) in [6.45, 7) is 3.71. The smallest absolute Gasteiger partial charge is 0.0555 e. The van der Waals surface area contributed by atoms with Crippen LogP contribution in [-0.2, 0) is 0 Å². The molecule has 4 nitrogen and oxygen atoms in total. The molecule has 4 N–H and O–H groups in total. The van der Waals surface area contributed by atoms with E-state index in [1.165, 1.54) is 0 Å². The number of hydrogen-bond donors (Lipinski definition) is 4. The van der Waals surface area contributed by atoms with Gasteiger partial charge in [-0.1, -0.05) is 0 Å². The predicted molar refractivity (Wildman–Crippen MR) is 49.1 cm³/mol. The van der Waals surface area contributed by atoms with Gasteiger partial charge in [0, 0.05) is 13.1 Å². The molecule has 0 spiro atoms. The van der Waals surface area contributed by atoms with Gasteiger partial charge in [-0.15, -0.1) is 0 Å². The van der Waals surface area contributed by atoms with Crippen LogP contribution in [0.4, 0.5) is 0 Å². The van der Waals surface area contributed by atoms with Crippen molar-refractivity contribution in [3.05, 3.63) is 0 Å². The molecule has 0 aromatic rings. The Labute approximate surface area is 74.0 Å². The van der Waals surface area contributed by atoms with Crippen molar-refractivity contribution in [2.45, 2.75) is 12.8 Å². The zero-order valence-corrected chi connectivity index (χ0v) is 7.55. The molecule has 0 saturated heterocycles. The van der Waals surface area contributed by atoms with E-state index in [1.807, 2.05) is 0 Å². The highest BCUT2D eigenvalue weighted by Gasteiger charge is 1.88. The lowest BCUT2D eigenvalue weighted by Gasteiger charge is -2.03. The quantitative estimate of drug-likeness (QED) is 0.338. The Hall–Kier alpha value is -0.160. The molecule has 0 aliphatic rings. The lowest BCUT2D eigenvalue weighted by atomic mass is 10.3. The SMILES string of the molecule is OCCNCCCCNCCO. The Morgan fingerprint density at radius 2 is 1.08 bits per heavy atom. The highest BCUT2D eigenvalue weighted by atomic mass is 16.3. The second kappa shape index (κ2) is 10.8. The van der Waals surface area contributed by atoms with Crippen molar-refractivity contribution < 1.29 is 10.2 Å². The lowest BCUT2D eigenvalue weighted by Crippen LogP contribution is -2.22. The van der Waals surface area contributed by atoms with E-state index < -0.39 is 0 Å². The molecule has 0 unspecified atom stereocenters. The summed E-state index contributed by atoms with van der Waals surface area (Å²) in [6.07, 6.45) is 2.22. The van der Waals surface area contributed by atoms with E-state index >= 15 is 0 Å². The van der Waals surface area contributed by atoms with Gasteiger partial charge in [0.05, 0.1) is 13.2 Å². The Bertz CT molecular complexity index is 71.5. The van der Waals surface area contributed by atoms with Gasteiger partial charge in [0.15, 0.2) is 0 Å². The molecule has 0 rings (SSSR count). The van der Waals surface area contributed by atoms with E-state index in [0.717, 1.165) is 25.9 Å². The maximum absolute atomic E-state index is 8.44. The van der Waals surface area contributed by atoms with E-state index in [0.29, 0.717) is 13.1 Å². The normalized spacial score (nSPS) is 10.5. The van der Waals surface area contributed by atoms with Crippen molar-refractivity contribution in [2.75, 3.05) is 39.4 Å². The van der Waals surface area contributed by atoms with Crippen LogP contribution in [0.15, 0.2) is 0 Å². The Morgan fingerprint density at radius 3 is 1.42 bits per heavy atom. The first-order chi connectivity index (χ1) is 5.91. The number of unbranched alkanes of at least 4 members (excludes halogenated alkanes) is 1. The summed E-state index contributed by atoms with van der Waals surface area (Å²) < 4.78 is 0. The van der Waals surface area contributed by atoms with E-state index in [1.54, 1.807) is 0 Å². The molecular formula is C8H20N2O2. The number of aliphatic hydroxyl groups excluding tert-OH is 2. The van der Waals surface area contributed by atoms with Crippen molar-refractivity contribution in [1.29, 1.82) is 0 Å². The summed E-state index contributed by atoms with van der Waals surface area (Å²) in [4.78, 5) is 0. The third-order valence-electron chi connectivity index (χ3n) is 1.53. The summed E-state index contributed by atoms with van der Waals surface area (Å²) >= 11 is 0. The molecule has 4 heteroatoms. The molecule has 0 fully saturated rings. The van der Waals surface area contributed by atoms with Gasteiger partial charge in [0.2, 0.25) is 0 Å². The molecule has 0 atom stereocenters. The van der Waals surface area contributed by atoms with Gasteiger partial charge in [-0.2, -0.15) is 0 Å². The first-order valence-electron chi connectivity index (χ1n) is 4.55. The van der Waals surface area contributed by atoms with Gasteiger partial charge >= 0.3 is 0 Å². The summed E-state index contributed by atoms with van der Waals surface area (Å²) in [6, 6.07) is 0. The second-order valence-electron chi connectivity index (χ2n) is 2.65. The molecule has 0 aliphatic carbocycles. The average molecular weight is 176 g/mol. The van der Waals surface area contributed by atoms with Gasteiger partial charge in [-0.05, 0) is 25.9 Å². The molecule has 0 radical (unpaired) electrons. The highest BCUT2D eigenvalue weighted by Crippen LogP contribution is 1.83. The van der Waals surface area contributed by atoms with Crippen molar-refractivity contribution in [3.8, 4) is 0 Å². The van der Waals surface area contributed by atoms with Crippen LogP contribution in [0, 0.1) is 0 Å². The molecule has 0 aromatic carbocycles. The molecule has 12 heavy (non-hydrogen) atoms. The zero-order valence-electron chi connectivity index (χ0n) is 7.55. The lowest BCUT2D eigenvalue weighted by molar-refractivity contribution is 0.289. The largest absolute Gasteiger partial charge is 0.395 e. The van der Waals surface area contributed by atoms with E-state index in [-0.39, 0.29) is 13.2 Å². The summed E-state index contributed by atoms with van der Waals surface area (Å²) in [7, 11) is 0. The Balaban J connectivity index is 2.73. The summed E-state index contributed by atoms with van der Waals surface area (Å²) in [5.41, 5.74) is 0. The topological polar surface area (TPSA) is 64.5 Å². The minimum Gasteiger partial charge on any atom is -0.395 e. The fraction of sp³-hybridized carbons (Fsp3) is 1.00. The second-order valence-corrected chi connectivity index (χ2v) is 2.65. The molecule has 0 heterocycles. The zero-order chi connectivity index (χ0) is 9.07. The van der Waals surface area contributed by atoms with Crippen molar-refractivity contribution >= 4 is 0 Å². The molecule has 0 aliphatic heterocycles. The number of aliphatic hydroxyl groups is 2. The van der Waals surface area contributed by atoms with Crippen LogP contribution in [-0.4, -0.2) is 49.6 Å². The van der Waals surface area contributed by atoms with Crippen LogP contribution in [0.3, 0.4) is 0 Å². The predicted octanol–water partition coefficient (Wildman–Crippen LogP) is -1.07. The fourth-order valence-corrected chi connectivity index (χ4v) is 0.908. The number of rotatable bonds is 9. The van der Waals surface area contributed by atoms with Gasteiger partial charge in [0.25, 0.3) is 0 Å². The third-order valence-corrected chi connectivity index (χ3v) is 1.53. The third kappa shape index (κ3) is 9.84. The number of nitrogens with one attached hydrogen (secondary N) is 2. The molecule has 0 amide bonds. The molecule has 0 bridgehead atoms. The minimum absolute atomic E-state index is 0.211. The van der Waals surface area contributed by atoms with Crippen LogP contribution < -0.4 is 10.6 Å². The summed E-state index contributed by atoms with van der Waals surface area (Å²) in [5.74, 6) is 0. The standard InChI is InChI=1S/C8H20N2O2/c11-7-5-9-3-1-2-4-10-6-8-12/h9-12H,1-8H2. The van der Waals surface area contributed by atoms with Crippen LogP contribution >= 0.6 is 0 Å². The molecule has 0 aromatic heterocycles. The van der Waals surface area contributed by atoms with E-state index in [4.69, 9.17) is 10.2 Å².